The molecular formula is C19H25N5O5. The van der Waals surface area contributed by atoms with E-state index in [0.29, 0.717) is 26.2 Å². The molecule has 29 heavy (non-hydrogen) atoms. The Kier molecular flexibility index (Phi) is 6.32. The summed E-state index contributed by atoms with van der Waals surface area (Å²) in [5, 5.41) is 11.5. The maximum Gasteiger partial charge on any atom is 0.286 e. The van der Waals surface area contributed by atoms with E-state index in [4.69, 9.17) is 9.47 Å². The molecule has 1 aromatic heterocycles. The maximum atomic E-state index is 13.0. The van der Waals surface area contributed by atoms with Crippen LogP contribution in [-0.2, 0) is 6.54 Å². The smallest absolute Gasteiger partial charge is 0.286 e. The summed E-state index contributed by atoms with van der Waals surface area (Å²) in [6.07, 6.45) is 3.73. The molecule has 2 aromatic rings. The number of benzene rings is 1. The number of aromatic nitrogens is 2. The average Bonchev–Trinajstić information content (AvgIpc) is 3.15. The van der Waals surface area contributed by atoms with Crippen LogP contribution in [0.1, 0.15) is 16.2 Å². The van der Waals surface area contributed by atoms with Crippen molar-refractivity contribution >= 4 is 11.6 Å². The second-order valence-corrected chi connectivity index (χ2v) is 6.78. The highest BCUT2D eigenvalue weighted by molar-refractivity contribution is 5.99. The Bertz CT molecular complexity index is 889. The number of nitro benzene ring substituents is 1. The van der Waals surface area contributed by atoms with Crippen LogP contribution in [0.25, 0.3) is 0 Å². The van der Waals surface area contributed by atoms with E-state index in [9.17, 15) is 14.9 Å². The molecule has 1 aromatic carbocycles. The zero-order chi connectivity index (χ0) is 21.0. The number of methoxy groups -OCH3 is 2. The SMILES string of the molecule is COc1cc(C(=O)N2CCN(CCn3ccnc3C)CC2)c([N+](=O)[O-])cc1OC. The van der Waals surface area contributed by atoms with E-state index in [2.05, 4.69) is 14.5 Å². The minimum absolute atomic E-state index is 0.00939. The summed E-state index contributed by atoms with van der Waals surface area (Å²) in [6, 6.07) is 2.61. The number of carbonyl (C=O) groups is 1. The van der Waals surface area contributed by atoms with E-state index in [1.807, 2.05) is 13.1 Å². The number of nitro groups is 1. The molecule has 1 aliphatic rings. The number of rotatable bonds is 7. The Hall–Kier alpha value is -3.14. The summed E-state index contributed by atoms with van der Waals surface area (Å²) in [5.41, 5.74) is -0.277. The fraction of sp³-hybridized carbons (Fsp3) is 0.474. The number of piperazine rings is 1. The molecule has 0 radical (unpaired) electrons. The Balaban J connectivity index is 1.67. The summed E-state index contributed by atoms with van der Waals surface area (Å²) in [5.74, 6) is 1.11. The third-order valence-electron chi connectivity index (χ3n) is 5.17. The van der Waals surface area contributed by atoms with Gasteiger partial charge in [0.2, 0.25) is 0 Å². The maximum absolute atomic E-state index is 13.0. The van der Waals surface area contributed by atoms with Crippen molar-refractivity contribution in [2.45, 2.75) is 13.5 Å². The molecule has 1 fully saturated rings. The molecule has 0 spiro atoms. The van der Waals surface area contributed by atoms with Crippen LogP contribution < -0.4 is 9.47 Å². The van der Waals surface area contributed by atoms with Gasteiger partial charge in [-0.25, -0.2) is 4.98 Å². The number of imidazole rings is 1. The van der Waals surface area contributed by atoms with Crippen LogP contribution in [0.15, 0.2) is 24.5 Å². The third-order valence-corrected chi connectivity index (χ3v) is 5.17. The number of hydrogen-bond donors (Lipinski definition) is 0. The molecule has 1 saturated heterocycles. The van der Waals surface area contributed by atoms with Crippen molar-refractivity contribution < 1.29 is 19.2 Å². The standard InChI is InChI=1S/C19H25N5O5/c1-14-20-4-5-22(14)9-6-21-7-10-23(11-8-21)19(25)15-12-17(28-2)18(29-3)13-16(15)24(26)27/h4-5,12-13H,6-11H2,1-3H3. The predicted molar refractivity (Wildman–Crippen MR) is 106 cm³/mol. The largest absolute Gasteiger partial charge is 0.493 e. The van der Waals surface area contributed by atoms with Crippen LogP contribution in [0.4, 0.5) is 5.69 Å². The van der Waals surface area contributed by atoms with E-state index in [-0.39, 0.29) is 28.7 Å². The summed E-state index contributed by atoms with van der Waals surface area (Å²) >= 11 is 0. The van der Waals surface area contributed by atoms with Crippen molar-refractivity contribution in [2.24, 2.45) is 0 Å². The van der Waals surface area contributed by atoms with Crippen molar-refractivity contribution in [2.75, 3.05) is 46.9 Å². The van der Waals surface area contributed by atoms with Gasteiger partial charge in [0.05, 0.1) is 25.2 Å². The van der Waals surface area contributed by atoms with Crippen LogP contribution in [0.3, 0.4) is 0 Å². The predicted octanol–water partition coefficient (Wildman–Crippen LogP) is 1.57. The molecule has 0 N–H and O–H groups in total. The number of aryl methyl sites for hydroxylation is 1. The third kappa shape index (κ3) is 4.48. The van der Waals surface area contributed by atoms with Gasteiger partial charge < -0.3 is 18.9 Å². The Morgan fingerprint density at radius 2 is 1.79 bits per heavy atom. The number of carbonyl (C=O) groups excluding carboxylic acids is 1. The first-order valence-electron chi connectivity index (χ1n) is 9.34. The Morgan fingerprint density at radius 3 is 2.34 bits per heavy atom. The monoisotopic (exact) mass is 403 g/mol. The zero-order valence-corrected chi connectivity index (χ0v) is 16.8. The average molecular weight is 403 g/mol. The van der Waals surface area contributed by atoms with Gasteiger partial charge in [0.15, 0.2) is 11.5 Å². The van der Waals surface area contributed by atoms with Crippen LogP contribution in [0.2, 0.25) is 0 Å². The van der Waals surface area contributed by atoms with E-state index >= 15 is 0 Å². The van der Waals surface area contributed by atoms with Gasteiger partial charge in [0.1, 0.15) is 11.4 Å². The fourth-order valence-corrected chi connectivity index (χ4v) is 3.42. The molecule has 0 atom stereocenters. The van der Waals surface area contributed by atoms with Crippen LogP contribution in [0, 0.1) is 17.0 Å². The van der Waals surface area contributed by atoms with E-state index < -0.39 is 4.92 Å². The van der Waals surface area contributed by atoms with E-state index in [1.165, 1.54) is 26.4 Å². The van der Waals surface area contributed by atoms with Crippen molar-refractivity contribution in [1.82, 2.24) is 19.4 Å². The quantitative estimate of drug-likeness (QED) is 0.511. The molecule has 0 bridgehead atoms. The van der Waals surface area contributed by atoms with E-state index in [1.54, 1.807) is 11.1 Å². The highest BCUT2D eigenvalue weighted by Crippen LogP contribution is 2.35. The van der Waals surface area contributed by atoms with Crippen LogP contribution >= 0.6 is 0 Å². The number of ether oxygens (including phenoxy) is 2. The summed E-state index contributed by atoms with van der Waals surface area (Å²) in [7, 11) is 2.83. The van der Waals surface area contributed by atoms with Gasteiger partial charge in [-0.05, 0) is 6.92 Å². The first kappa shape index (κ1) is 20.6. The molecule has 1 aliphatic heterocycles. The highest BCUT2D eigenvalue weighted by atomic mass is 16.6. The van der Waals surface area contributed by atoms with Gasteiger partial charge in [-0.15, -0.1) is 0 Å². The lowest BCUT2D eigenvalue weighted by atomic mass is 10.1. The summed E-state index contributed by atoms with van der Waals surface area (Å²) < 4.78 is 12.4. The highest BCUT2D eigenvalue weighted by Gasteiger charge is 2.29. The van der Waals surface area contributed by atoms with Crippen molar-refractivity contribution in [1.29, 1.82) is 0 Å². The second-order valence-electron chi connectivity index (χ2n) is 6.78. The second kappa shape index (κ2) is 8.91. The van der Waals surface area contributed by atoms with Crippen LogP contribution in [-0.4, -0.2) is 77.1 Å². The van der Waals surface area contributed by atoms with Gasteiger partial charge in [0, 0.05) is 57.7 Å². The minimum Gasteiger partial charge on any atom is -0.493 e. The lowest BCUT2D eigenvalue weighted by Crippen LogP contribution is -2.49. The number of hydrogen-bond acceptors (Lipinski definition) is 7. The van der Waals surface area contributed by atoms with Crippen molar-refractivity contribution in [3.8, 4) is 11.5 Å². The number of nitrogens with zero attached hydrogens (tertiary/aromatic N) is 5. The normalized spacial score (nSPS) is 14.7. The van der Waals surface area contributed by atoms with Crippen molar-refractivity contribution in [3.05, 3.63) is 46.0 Å². The molecule has 0 aliphatic carbocycles. The van der Waals surface area contributed by atoms with Gasteiger partial charge in [-0.1, -0.05) is 0 Å². The molecular weight excluding hydrogens is 378 g/mol. The minimum atomic E-state index is -0.571. The zero-order valence-electron chi connectivity index (χ0n) is 16.8. The first-order valence-corrected chi connectivity index (χ1v) is 9.34. The van der Waals surface area contributed by atoms with Crippen molar-refractivity contribution in [3.63, 3.8) is 0 Å². The molecule has 0 unspecified atom stereocenters. The summed E-state index contributed by atoms with van der Waals surface area (Å²) in [4.78, 5) is 32.0. The molecule has 10 nitrogen and oxygen atoms in total. The Morgan fingerprint density at radius 1 is 1.14 bits per heavy atom. The van der Waals surface area contributed by atoms with Gasteiger partial charge in [0.25, 0.3) is 11.6 Å². The molecule has 1 amide bonds. The number of amides is 1. The Labute approximate surface area is 168 Å². The van der Waals surface area contributed by atoms with Gasteiger partial charge >= 0.3 is 0 Å². The fourth-order valence-electron chi connectivity index (χ4n) is 3.42. The lowest BCUT2D eigenvalue weighted by molar-refractivity contribution is -0.385. The molecule has 156 valence electrons. The molecule has 10 heteroatoms. The molecule has 2 heterocycles. The molecule has 0 saturated carbocycles. The first-order chi connectivity index (χ1) is 13.9. The topological polar surface area (TPSA) is 103 Å². The summed E-state index contributed by atoms with van der Waals surface area (Å²) in [6.45, 7) is 6.09. The molecule has 3 rings (SSSR count). The van der Waals surface area contributed by atoms with E-state index in [0.717, 1.165) is 18.9 Å². The van der Waals surface area contributed by atoms with Gasteiger partial charge in [-0.3, -0.25) is 19.8 Å². The van der Waals surface area contributed by atoms with Crippen LogP contribution in [0.5, 0.6) is 11.5 Å². The lowest BCUT2D eigenvalue weighted by Gasteiger charge is -2.34. The van der Waals surface area contributed by atoms with Gasteiger partial charge in [-0.2, -0.15) is 0 Å².